The van der Waals surface area contributed by atoms with Gasteiger partial charge < -0.3 is 14.1 Å². The summed E-state index contributed by atoms with van der Waals surface area (Å²) in [4.78, 5) is 6.98. The molecule has 0 aliphatic carbocycles. The van der Waals surface area contributed by atoms with E-state index in [4.69, 9.17) is 14.1 Å². The van der Waals surface area contributed by atoms with Gasteiger partial charge in [0.15, 0.2) is 5.17 Å². The Hall–Kier alpha value is -1.88. The number of para-hydroxylation sites is 1. The van der Waals surface area contributed by atoms with E-state index in [1.807, 2.05) is 43.0 Å². The molecule has 4 nitrogen and oxygen atoms in total. The fourth-order valence-corrected chi connectivity index (χ4v) is 3.51. The highest BCUT2D eigenvalue weighted by Crippen LogP contribution is 2.25. The second-order valence-corrected chi connectivity index (χ2v) is 6.40. The summed E-state index contributed by atoms with van der Waals surface area (Å²) in [5.41, 5.74) is 1.18. The SMILES string of the molecule is CCOc1ccccc1CN(Cc1ccco1)C1=NCCCS1. The molecular formula is C18H22N2O2S. The summed E-state index contributed by atoms with van der Waals surface area (Å²) < 4.78 is 11.3. The number of benzene rings is 1. The molecule has 2 heterocycles. The summed E-state index contributed by atoms with van der Waals surface area (Å²) in [6.07, 6.45) is 2.87. The van der Waals surface area contributed by atoms with Crippen molar-refractivity contribution in [2.75, 3.05) is 18.9 Å². The molecule has 1 aliphatic rings. The minimum Gasteiger partial charge on any atom is -0.494 e. The number of rotatable bonds is 6. The van der Waals surface area contributed by atoms with Crippen LogP contribution in [0.4, 0.5) is 0 Å². The molecule has 0 amide bonds. The first kappa shape index (κ1) is 16.0. The Morgan fingerprint density at radius 3 is 2.87 bits per heavy atom. The summed E-state index contributed by atoms with van der Waals surface area (Å²) in [5, 5.41) is 1.10. The number of amidine groups is 1. The Kier molecular flexibility index (Phi) is 5.64. The second kappa shape index (κ2) is 8.11. The van der Waals surface area contributed by atoms with Crippen LogP contribution in [0.25, 0.3) is 0 Å². The van der Waals surface area contributed by atoms with Crippen molar-refractivity contribution >= 4 is 16.9 Å². The first-order chi connectivity index (χ1) is 11.4. The quantitative estimate of drug-likeness (QED) is 0.796. The summed E-state index contributed by atoms with van der Waals surface area (Å²) in [6.45, 7) is 5.08. The topological polar surface area (TPSA) is 38.0 Å². The Labute approximate surface area is 141 Å². The van der Waals surface area contributed by atoms with Crippen molar-refractivity contribution in [2.45, 2.75) is 26.4 Å². The molecule has 0 unspecified atom stereocenters. The number of hydrogen-bond donors (Lipinski definition) is 0. The Bertz CT molecular complexity index is 640. The van der Waals surface area contributed by atoms with E-state index >= 15 is 0 Å². The molecular weight excluding hydrogens is 308 g/mol. The predicted octanol–water partition coefficient (Wildman–Crippen LogP) is 4.17. The standard InChI is InChI=1S/C18H22N2O2S/c1-2-21-17-9-4-3-7-15(17)13-20(14-16-8-5-11-22-16)18-19-10-6-12-23-18/h3-5,7-9,11H,2,6,10,12-14H2,1H3. The van der Waals surface area contributed by atoms with E-state index in [-0.39, 0.29) is 0 Å². The number of thioether (sulfide) groups is 1. The molecule has 5 heteroatoms. The van der Waals surface area contributed by atoms with Crippen LogP contribution in [0, 0.1) is 0 Å². The van der Waals surface area contributed by atoms with Crippen LogP contribution in [0.3, 0.4) is 0 Å². The molecule has 23 heavy (non-hydrogen) atoms. The van der Waals surface area contributed by atoms with Crippen LogP contribution in [0.1, 0.15) is 24.7 Å². The van der Waals surface area contributed by atoms with Gasteiger partial charge in [0.25, 0.3) is 0 Å². The highest BCUT2D eigenvalue weighted by Gasteiger charge is 2.18. The van der Waals surface area contributed by atoms with Crippen LogP contribution in [-0.2, 0) is 13.1 Å². The van der Waals surface area contributed by atoms with Crippen molar-refractivity contribution in [3.8, 4) is 5.75 Å². The molecule has 0 bridgehead atoms. The summed E-state index contributed by atoms with van der Waals surface area (Å²) in [7, 11) is 0. The monoisotopic (exact) mass is 330 g/mol. The summed E-state index contributed by atoms with van der Waals surface area (Å²) in [5.74, 6) is 3.02. The highest BCUT2D eigenvalue weighted by atomic mass is 32.2. The van der Waals surface area contributed by atoms with Crippen molar-refractivity contribution in [1.29, 1.82) is 0 Å². The van der Waals surface area contributed by atoms with Gasteiger partial charge in [0.05, 0.1) is 19.4 Å². The van der Waals surface area contributed by atoms with E-state index < -0.39 is 0 Å². The van der Waals surface area contributed by atoms with Crippen LogP contribution < -0.4 is 4.74 Å². The molecule has 3 rings (SSSR count). The normalized spacial score (nSPS) is 14.4. The van der Waals surface area contributed by atoms with E-state index in [1.54, 1.807) is 6.26 Å². The summed E-state index contributed by atoms with van der Waals surface area (Å²) >= 11 is 1.83. The number of hydrogen-bond acceptors (Lipinski definition) is 5. The maximum atomic E-state index is 5.76. The predicted molar refractivity (Wildman–Crippen MR) is 94.9 cm³/mol. The first-order valence-electron chi connectivity index (χ1n) is 8.02. The van der Waals surface area contributed by atoms with Crippen LogP contribution in [-0.4, -0.2) is 29.0 Å². The number of furan rings is 1. The Morgan fingerprint density at radius 1 is 1.22 bits per heavy atom. The van der Waals surface area contributed by atoms with Crippen molar-refractivity contribution in [3.05, 3.63) is 54.0 Å². The molecule has 0 saturated heterocycles. The number of ether oxygens (including phenoxy) is 1. The zero-order valence-electron chi connectivity index (χ0n) is 13.4. The lowest BCUT2D eigenvalue weighted by atomic mass is 10.2. The van der Waals surface area contributed by atoms with E-state index in [9.17, 15) is 0 Å². The fourth-order valence-electron chi connectivity index (χ4n) is 2.56. The first-order valence-corrected chi connectivity index (χ1v) is 9.00. The molecule has 0 atom stereocenters. The molecule has 1 aliphatic heterocycles. The van der Waals surface area contributed by atoms with Gasteiger partial charge in [-0.2, -0.15) is 0 Å². The largest absolute Gasteiger partial charge is 0.494 e. The number of nitrogens with zero attached hydrogens (tertiary/aromatic N) is 2. The van der Waals surface area contributed by atoms with Gasteiger partial charge in [0.1, 0.15) is 11.5 Å². The van der Waals surface area contributed by atoms with E-state index in [0.29, 0.717) is 6.61 Å². The fraction of sp³-hybridized carbons (Fsp3) is 0.389. The van der Waals surface area contributed by atoms with Gasteiger partial charge in [-0.05, 0) is 31.5 Å². The van der Waals surface area contributed by atoms with Gasteiger partial charge in [-0.3, -0.25) is 4.99 Å². The van der Waals surface area contributed by atoms with E-state index in [2.05, 4.69) is 17.0 Å². The van der Waals surface area contributed by atoms with E-state index in [1.165, 1.54) is 5.56 Å². The van der Waals surface area contributed by atoms with E-state index in [0.717, 1.165) is 48.5 Å². The third kappa shape index (κ3) is 4.32. The molecule has 122 valence electrons. The molecule has 0 radical (unpaired) electrons. The molecule has 1 aromatic heterocycles. The average molecular weight is 330 g/mol. The van der Waals surface area contributed by atoms with Crippen LogP contribution in [0.5, 0.6) is 5.75 Å². The molecule has 0 fully saturated rings. The zero-order chi connectivity index (χ0) is 15.9. The van der Waals surface area contributed by atoms with Crippen LogP contribution >= 0.6 is 11.8 Å². The summed E-state index contributed by atoms with van der Waals surface area (Å²) in [6, 6.07) is 12.2. The van der Waals surface area contributed by atoms with Crippen molar-refractivity contribution in [2.24, 2.45) is 4.99 Å². The van der Waals surface area contributed by atoms with Crippen LogP contribution in [0.15, 0.2) is 52.1 Å². The van der Waals surface area contributed by atoms with Gasteiger partial charge in [-0.1, -0.05) is 30.0 Å². The lowest BCUT2D eigenvalue weighted by Gasteiger charge is -2.27. The maximum Gasteiger partial charge on any atom is 0.159 e. The molecule has 0 N–H and O–H groups in total. The zero-order valence-corrected chi connectivity index (χ0v) is 14.2. The van der Waals surface area contributed by atoms with Gasteiger partial charge in [0.2, 0.25) is 0 Å². The van der Waals surface area contributed by atoms with Crippen molar-refractivity contribution in [1.82, 2.24) is 4.90 Å². The highest BCUT2D eigenvalue weighted by molar-refractivity contribution is 8.13. The lowest BCUT2D eigenvalue weighted by Crippen LogP contribution is -2.30. The van der Waals surface area contributed by atoms with Crippen molar-refractivity contribution in [3.63, 3.8) is 0 Å². The average Bonchev–Trinajstić information content (AvgIpc) is 3.10. The minimum atomic E-state index is 0.672. The third-order valence-corrected chi connectivity index (χ3v) is 4.75. The second-order valence-electron chi connectivity index (χ2n) is 5.34. The van der Waals surface area contributed by atoms with Crippen LogP contribution in [0.2, 0.25) is 0 Å². The van der Waals surface area contributed by atoms with Gasteiger partial charge in [-0.25, -0.2) is 0 Å². The smallest absolute Gasteiger partial charge is 0.159 e. The van der Waals surface area contributed by atoms with Crippen molar-refractivity contribution < 1.29 is 9.15 Å². The van der Waals surface area contributed by atoms with Gasteiger partial charge in [-0.15, -0.1) is 0 Å². The third-order valence-electron chi connectivity index (χ3n) is 3.61. The number of aliphatic imine (C=N–C) groups is 1. The molecule has 2 aromatic rings. The van der Waals surface area contributed by atoms with Gasteiger partial charge >= 0.3 is 0 Å². The van der Waals surface area contributed by atoms with Gasteiger partial charge in [0, 0.05) is 24.4 Å². The molecule has 0 spiro atoms. The Morgan fingerprint density at radius 2 is 2.13 bits per heavy atom. The maximum absolute atomic E-state index is 5.76. The Balaban J connectivity index is 1.82. The lowest BCUT2D eigenvalue weighted by molar-refractivity contribution is 0.320. The minimum absolute atomic E-state index is 0.672. The molecule has 0 saturated carbocycles. The molecule has 1 aromatic carbocycles.